The van der Waals surface area contributed by atoms with Crippen molar-refractivity contribution in [2.24, 2.45) is 4.99 Å². The van der Waals surface area contributed by atoms with Crippen molar-refractivity contribution >= 4 is 29.4 Å². The van der Waals surface area contributed by atoms with Crippen LogP contribution in [0.2, 0.25) is 0 Å². The van der Waals surface area contributed by atoms with Crippen molar-refractivity contribution in [3.05, 3.63) is 33.9 Å². The highest BCUT2D eigenvalue weighted by molar-refractivity contribution is 6.36. The van der Waals surface area contributed by atoms with Gasteiger partial charge in [0, 0.05) is 16.3 Å². The van der Waals surface area contributed by atoms with Gasteiger partial charge in [-0.15, -0.1) is 0 Å². The first-order valence-corrected chi connectivity index (χ1v) is 4.00. The molecule has 0 radical (unpaired) electrons. The quantitative estimate of drug-likeness (QED) is 0.551. The van der Waals surface area contributed by atoms with Crippen molar-refractivity contribution in [1.82, 2.24) is 0 Å². The largest absolute Gasteiger partial charge is 0.279 e. The van der Waals surface area contributed by atoms with E-state index in [1.807, 2.05) is 12.2 Å². The minimum absolute atomic E-state index is 0.0131. The van der Waals surface area contributed by atoms with Crippen LogP contribution in [0.5, 0.6) is 0 Å². The second-order valence-corrected chi connectivity index (χ2v) is 3.30. The molecule has 0 aromatic heterocycles. The average molecular weight is 186 g/mol. The van der Waals surface area contributed by atoms with Crippen molar-refractivity contribution in [3.63, 3.8) is 0 Å². The molecule has 2 aliphatic rings. The zero-order chi connectivity index (χ0) is 7.84. The summed E-state index contributed by atoms with van der Waals surface area (Å²) >= 11 is 11.7. The van der Waals surface area contributed by atoms with Gasteiger partial charge >= 0.3 is 0 Å². The third-order valence-electron chi connectivity index (χ3n) is 1.66. The van der Waals surface area contributed by atoms with Crippen molar-refractivity contribution < 1.29 is 0 Å². The molecule has 0 N–H and O–H groups in total. The number of rotatable bonds is 0. The van der Waals surface area contributed by atoms with Crippen LogP contribution in [-0.2, 0) is 0 Å². The molecule has 1 nitrogen and oxygen atoms in total. The van der Waals surface area contributed by atoms with Gasteiger partial charge in [0.15, 0.2) is 0 Å². The Balaban J connectivity index is 2.45. The minimum atomic E-state index is 0.0131. The van der Waals surface area contributed by atoms with Crippen molar-refractivity contribution in [3.8, 4) is 0 Å². The number of fused-ring (bicyclic) bond motifs is 1. The molecule has 1 aliphatic carbocycles. The van der Waals surface area contributed by atoms with Crippen LogP contribution >= 0.6 is 23.2 Å². The molecule has 1 atom stereocenters. The number of allylic oxidation sites excluding steroid dienone is 3. The molecule has 1 unspecified atom stereocenters. The molecule has 0 fully saturated rings. The fraction of sp³-hybridized carbons (Fsp3) is 0.125. The predicted molar refractivity (Wildman–Crippen MR) is 48.2 cm³/mol. The van der Waals surface area contributed by atoms with Gasteiger partial charge in [-0.2, -0.15) is 0 Å². The minimum Gasteiger partial charge on any atom is -0.279 e. The molecule has 2 rings (SSSR count). The van der Waals surface area contributed by atoms with Crippen LogP contribution in [0.4, 0.5) is 0 Å². The van der Waals surface area contributed by atoms with Gasteiger partial charge in [0.25, 0.3) is 0 Å². The van der Waals surface area contributed by atoms with Gasteiger partial charge < -0.3 is 0 Å². The maximum atomic E-state index is 5.89. The standard InChI is InChI=1S/C8H5Cl2N/c9-6-3-5-1-2-11-8(5)7(10)4-6/h1-4,8H. The molecule has 0 bridgehead atoms. The Hall–Kier alpha value is -0.530. The summed E-state index contributed by atoms with van der Waals surface area (Å²) in [5, 5.41) is 1.36. The summed E-state index contributed by atoms with van der Waals surface area (Å²) < 4.78 is 0. The Labute approximate surface area is 74.7 Å². The molecule has 56 valence electrons. The Morgan fingerprint density at radius 2 is 2.09 bits per heavy atom. The smallest absolute Gasteiger partial charge is 0.111 e. The lowest BCUT2D eigenvalue weighted by Crippen LogP contribution is -2.07. The fourth-order valence-corrected chi connectivity index (χ4v) is 1.76. The number of nitrogens with zero attached hydrogens (tertiary/aromatic N) is 1. The van der Waals surface area contributed by atoms with Crippen molar-refractivity contribution in [1.29, 1.82) is 0 Å². The maximum Gasteiger partial charge on any atom is 0.111 e. The van der Waals surface area contributed by atoms with Gasteiger partial charge in [-0.25, -0.2) is 0 Å². The highest BCUT2D eigenvalue weighted by Crippen LogP contribution is 2.31. The monoisotopic (exact) mass is 185 g/mol. The lowest BCUT2D eigenvalue weighted by Gasteiger charge is -2.13. The second kappa shape index (κ2) is 2.50. The molecule has 0 aromatic rings. The van der Waals surface area contributed by atoms with E-state index in [9.17, 15) is 0 Å². The third kappa shape index (κ3) is 1.15. The van der Waals surface area contributed by atoms with E-state index >= 15 is 0 Å². The summed E-state index contributed by atoms with van der Waals surface area (Å²) in [7, 11) is 0. The number of hydrogen-bond acceptors (Lipinski definition) is 1. The van der Waals surface area contributed by atoms with Crippen LogP contribution in [0.3, 0.4) is 0 Å². The van der Waals surface area contributed by atoms with Crippen molar-refractivity contribution in [2.45, 2.75) is 6.04 Å². The SMILES string of the molecule is ClC1=CC2=CC=NC2C(Cl)=C1. The molecule has 3 heteroatoms. The van der Waals surface area contributed by atoms with Gasteiger partial charge in [0.1, 0.15) is 6.04 Å². The molecule has 0 amide bonds. The zero-order valence-corrected chi connectivity index (χ0v) is 7.10. The van der Waals surface area contributed by atoms with E-state index < -0.39 is 0 Å². The van der Waals surface area contributed by atoms with E-state index in [-0.39, 0.29) is 6.04 Å². The molecular weight excluding hydrogens is 181 g/mol. The summed E-state index contributed by atoms with van der Waals surface area (Å²) in [6.07, 6.45) is 7.28. The van der Waals surface area contributed by atoms with E-state index in [4.69, 9.17) is 23.2 Å². The van der Waals surface area contributed by atoms with E-state index in [2.05, 4.69) is 4.99 Å². The molecule has 0 saturated heterocycles. The highest BCUT2D eigenvalue weighted by Gasteiger charge is 2.21. The van der Waals surface area contributed by atoms with Gasteiger partial charge in [-0.1, -0.05) is 23.2 Å². The molecule has 0 spiro atoms. The van der Waals surface area contributed by atoms with E-state index in [0.29, 0.717) is 10.1 Å². The van der Waals surface area contributed by atoms with E-state index in [0.717, 1.165) is 5.57 Å². The van der Waals surface area contributed by atoms with E-state index in [1.165, 1.54) is 0 Å². The first-order chi connectivity index (χ1) is 5.27. The number of hydrogen-bond donors (Lipinski definition) is 0. The van der Waals surface area contributed by atoms with Crippen LogP contribution in [0.15, 0.2) is 38.9 Å². The number of halogens is 2. The molecule has 0 aromatic carbocycles. The predicted octanol–water partition coefficient (Wildman–Crippen LogP) is 2.62. The number of aliphatic imine (C=N–C) groups is 1. The summed E-state index contributed by atoms with van der Waals surface area (Å²) in [6.45, 7) is 0. The molecule has 1 aliphatic heterocycles. The molecule has 1 heterocycles. The maximum absolute atomic E-state index is 5.89. The van der Waals surface area contributed by atoms with Crippen LogP contribution in [0, 0.1) is 0 Å². The summed E-state index contributed by atoms with van der Waals surface area (Å²) in [6, 6.07) is 0.0131. The lowest BCUT2D eigenvalue weighted by molar-refractivity contribution is 0.979. The topological polar surface area (TPSA) is 12.4 Å². The van der Waals surface area contributed by atoms with Crippen molar-refractivity contribution in [2.75, 3.05) is 0 Å². The average Bonchev–Trinajstić information content (AvgIpc) is 2.34. The Kier molecular flexibility index (Phi) is 1.63. The summed E-state index contributed by atoms with van der Waals surface area (Å²) in [4.78, 5) is 4.15. The van der Waals surface area contributed by atoms with Gasteiger partial charge in [-0.05, 0) is 23.8 Å². The molecular formula is C8H5Cl2N. The highest BCUT2D eigenvalue weighted by atomic mass is 35.5. The lowest BCUT2D eigenvalue weighted by atomic mass is 10.0. The zero-order valence-electron chi connectivity index (χ0n) is 5.59. The Morgan fingerprint density at radius 3 is 2.91 bits per heavy atom. The van der Waals surface area contributed by atoms with Crippen LogP contribution in [-0.4, -0.2) is 12.3 Å². The second-order valence-electron chi connectivity index (χ2n) is 2.43. The third-order valence-corrected chi connectivity index (χ3v) is 2.19. The molecule has 0 saturated carbocycles. The van der Waals surface area contributed by atoms with Gasteiger partial charge in [0.2, 0.25) is 0 Å². The van der Waals surface area contributed by atoms with Crippen LogP contribution in [0.1, 0.15) is 0 Å². The summed E-state index contributed by atoms with van der Waals surface area (Å²) in [5.74, 6) is 0. The van der Waals surface area contributed by atoms with Gasteiger partial charge in [0.05, 0.1) is 0 Å². The van der Waals surface area contributed by atoms with Crippen LogP contribution in [0.25, 0.3) is 0 Å². The van der Waals surface area contributed by atoms with Crippen LogP contribution < -0.4 is 0 Å². The first-order valence-electron chi connectivity index (χ1n) is 3.25. The first kappa shape index (κ1) is 7.14. The molecule has 11 heavy (non-hydrogen) atoms. The normalized spacial score (nSPS) is 27.5. The fourth-order valence-electron chi connectivity index (χ4n) is 1.16. The Morgan fingerprint density at radius 1 is 1.27 bits per heavy atom. The van der Waals surface area contributed by atoms with E-state index in [1.54, 1.807) is 12.3 Å². The summed E-state index contributed by atoms with van der Waals surface area (Å²) in [5.41, 5.74) is 1.07. The Bertz CT molecular complexity index is 310. The van der Waals surface area contributed by atoms with Gasteiger partial charge in [-0.3, -0.25) is 4.99 Å².